The number of nitrogens with two attached hydrogens (primary N) is 1. The van der Waals surface area contributed by atoms with Crippen LogP contribution in [-0.2, 0) is 0 Å². The quantitative estimate of drug-likeness (QED) is 0.900. The fourth-order valence-electron chi connectivity index (χ4n) is 3.28. The first-order valence-corrected chi connectivity index (χ1v) is 8.41. The molecule has 0 saturated carbocycles. The average molecular weight is 327 g/mol. The van der Waals surface area contributed by atoms with Crippen molar-refractivity contribution < 1.29 is 5.11 Å². The summed E-state index contributed by atoms with van der Waals surface area (Å²) in [6.07, 6.45) is 4.85. The lowest BCUT2D eigenvalue weighted by atomic mass is 9.81. The third kappa shape index (κ3) is 3.06. The lowest BCUT2D eigenvalue weighted by Crippen LogP contribution is -2.47. The van der Waals surface area contributed by atoms with Gasteiger partial charge in [0.25, 0.3) is 0 Å². The maximum absolute atomic E-state index is 10.7. The topological polar surface area (TPSA) is 88.2 Å². The molecule has 3 heterocycles. The van der Waals surface area contributed by atoms with Crippen molar-refractivity contribution in [2.24, 2.45) is 5.92 Å². The molecule has 3 N–H and O–H groups in total. The van der Waals surface area contributed by atoms with Gasteiger partial charge in [-0.25, -0.2) is 15.0 Å². The van der Waals surface area contributed by atoms with Gasteiger partial charge in [0.2, 0.25) is 0 Å². The highest BCUT2D eigenvalue weighted by Gasteiger charge is 2.36. The number of hydrogen-bond donors (Lipinski definition) is 2. The highest BCUT2D eigenvalue weighted by atomic mass is 16.3. The van der Waals surface area contributed by atoms with E-state index in [-0.39, 0.29) is 5.92 Å². The van der Waals surface area contributed by atoms with Crippen molar-refractivity contribution in [2.45, 2.75) is 39.2 Å². The Morgan fingerprint density at radius 3 is 2.46 bits per heavy atom. The lowest BCUT2D eigenvalue weighted by molar-refractivity contribution is -0.0262. The fourth-order valence-corrected chi connectivity index (χ4v) is 3.28. The van der Waals surface area contributed by atoms with Crippen LogP contribution >= 0.6 is 0 Å². The predicted octanol–water partition coefficient (Wildman–Crippen LogP) is 2.42. The first-order valence-electron chi connectivity index (χ1n) is 8.41. The standard InChI is InChI=1S/C18H25N5O/c1-12(2)18(24)6-8-23(9-7-18)17-16(13(3)21-11-22-17)14-4-5-15(19)20-10-14/h4-5,10-12,24H,6-9H2,1-3H3,(H2,19,20). The van der Waals surface area contributed by atoms with Crippen molar-refractivity contribution >= 4 is 11.6 Å². The Kier molecular flexibility index (Phi) is 4.41. The molecule has 6 nitrogen and oxygen atoms in total. The van der Waals surface area contributed by atoms with Crippen molar-refractivity contribution in [3.63, 3.8) is 0 Å². The molecular weight excluding hydrogens is 302 g/mol. The van der Waals surface area contributed by atoms with Crippen LogP contribution in [-0.4, -0.2) is 38.7 Å². The molecule has 1 fully saturated rings. The molecule has 128 valence electrons. The SMILES string of the molecule is Cc1ncnc(N2CCC(O)(C(C)C)CC2)c1-c1ccc(N)nc1. The molecule has 0 unspecified atom stereocenters. The van der Waals surface area contributed by atoms with Crippen LogP contribution in [0.2, 0.25) is 0 Å². The predicted molar refractivity (Wildman–Crippen MR) is 95.6 cm³/mol. The van der Waals surface area contributed by atoms with Crippen LogP contribution in [0.25, 0.3) is 11.1 Å². The van der Waals surface area contributed by atoms with Gasteiger partial charge in [0, 0.05) is 30.4 Å². The van der Waals surface area contributed by atoms with Crippen LogP contribution in [0.3, 0.4) is 0 Å². The molecule has 0 bridgehead atoms. The molecular formula is C18H25N5O. The Labute approximate surface area is 142 Å². The minimum Gasteiger partial charge on any atom is -0.389 e. The van der Waals surface area contributed by atoms with Gasteiger partial charge in [-0.3, -0.25) is 0 Å². The molecule has 0 amide bonds. The fraction of sp³-hybridized carbons (Fsp3) is 0.500. The van der Waals surface area contributed by atoms with Crippen LogP contribution in [0.15, 0.2) is 24.7 Å². The number of aliphatic hydroxyl groups is 1. The number of aromatic nitrogens is 3. The van der Waals surface area contributed by atoms with E-state index in [1.165, 1.54) is 0 Å². The van der Waals surface area contributed by atoms with Crippen molar-refractivity contribution in [1.82, 2.24) is 15.0 Å². The largest absolute Gasteiger partial charge is 0.389 e. The molecule has 0 radical (unpaired) electrons. The molecule has 24 heavy (non-hydrogen) atoms. The van der Waals surface area contributed by atoms with Crippen LogP contribution in [0.4, 0.5) is 11.6 Å². The van der Waals surface area contributed by atoms with E-state index in [9.17, 15) is 5.11 Å². The van der Waals surface area contributed by atoms with Gasteiger partial charge in [-0.2, -0.15) is 0 Å². The number of hydrogen-bond acceptors (Lipinski definition) is 6. The summed E-state index contributed by atoms with van der Waals surface area (Å²) in [4.78, 5) is 15.3. The van der Waals surface area contributed by atoms with Crippen LogP contribution in [0.1, 0.15) is 32.4 Å². The van der Waals surface area contributed by atoms with E-state index in [0.717, 1.165) is 48.6 Å². The Morgan fingerprint density at radius 2 is 1.88 bits per heavy atom. The molecule has 1 saturated heterocycles. The van der Waals surface area contributed by atoms with Gasteiger partial charge in [0.05, 0.1) is 11.3 Å². The lowest BCUT2D eigenvalue weighted by Gasteiger charge is -2.41. The monoisotopic (exact) mass is 327 g/mol. The van der Waals surface area contributed by atoms with Gasteiger partial charge in [-0.05, 0) is 37.8 Å². The van der Waals surface area contributed by atoms with Crippen LogP contribution in [0.5, 0.6) is 0 Å². The number of anilines is 2. The summed E-state index contributed by atoms with van der Waals surface area (Å²) in [7, 11) is 0. The van der Waals surface area contributed by atoms with Gasteiger partial charge in [0.15, 0.2) is 0 Å². The van der Waals surface area contributed by atoms with Crippen molar-refractivity contribution in [3.8, 4) is 11.1 Å². The Bertz CT molecular complexity index is 706. The van der Waals surface area contributed by atoms with E-state index in [0.29, 0.717) is 5.82 Å². The summed E-state index contributed by atoms with van der Waals surface area (Å²) < 4.78 is 0. The van der Waals surface area contributed by atoms with Crippen LogP contribution in [0, 0.1) is 12.8 Å². The van der Waals surface area contributed by atoms with Gasteiger partial charge in [-0.1, -0.05) is 13.8 Å². The second-order valence-corrected chi connectivity index (χ2v) is 6.87. The number of rotatable bonds is 3. The molecule has 0 aromatic carbocycles. The molecule has 2 aromatic rings. The molecule has 1 aliphatic heterocycles. The highest BCUT2D eigenvalue weighted by molar-refractivity contribution is 5.77. The summed E-state index contributed by atoms with van der Waals surface area (Å²) in [5.41, 5.74) is 7.98. The van der Waals surface area contributed by atoms with E-state index in [1.54, 1.807) is 18.6 Å². The van der Waals surface area contributed by atoms with E-state index >= 15 is 0 Å². The van der Waals surface area contributed by atoms with Crippen molar-refractivity contribution in [3.05, 3.63) is 30.4 Å². The minimum atomic E-state index is -0.582. The zero-order valence-corrected chi connectivity index (χ0v) is 14.5. The number of pyridine rings is 1. The summed E-state index contributed by atoms with van der Waals surface area (Å²) in [5.74, 6) is 1.65. The maximum atomic E-state index is 10.7. The molecule has 3 rings (SSSR count). The summed E-state index contributed by atoms with van der Waals surface area (Å²) >= 11 is 0. The summed E-state index contributed by atoms with van der Waals surface area (Å²) in [6, 6.07) is 3.74. The average Bonchev–Trinajstić information content (AvgIpc) is 2.56. The van der Waals surface area contributed by atoms with E-state index in [2.05, 4.69) is 33.7 Å². The van der Waals surface area contributed by atoms with Crippen molar-refractivity contribution in [1.29, 1.82) is 0 Å². The van der Waals surface area contributed by atoms with Gasteiger partial charge in [0.1, 0.15) is 18.0 Å². The zero-order valence-electron chi connectivity index (χ0n) is 14.5. The Hall–Kier alpha value is -2.21. The maximum Gasteiger partial charge on any atom is 0.140 e. The molecule has 1 aliphatic rings. The second kappa shape index (κ2) is 6.36. The molecule has 0 aliphatic carbocycles. The van der Waals surface area contributed by atoms with E-state index < -0.39 is 5.60 Å². The molecule has 6 heteroatoms. The van der Waals surface area contributed by atoms with E-state index in [1.807, 2.05) is 13.0 Å². The van der Waals surface area contributed by atoms with Crippen LogP contribution < -0.4 is 10.6 Å². The number of nitrogen functional groups attached to an aromatic ring is 1. The second-order valence-electron chi connectivity index (χ2n) is 6.87. The molecule has 2 aromatic heterocycles. The van der Waals surface area contributed by atoms with Gasteiger partial charge in [-0.15, -0.1) is 0 Å². The minimum absolute atomic E-state index is 0.257. The third-order valence-corrected chi connectivity index (χ3v) is 5.10. The Morgan fingerprint density at radius 1 is 1.17 bits per heavy atom. The first kappa shape index (κ1) is 16.6. The first-order chi connectivity index (χ1) is 11.4. The van der Waals surface area contributed by atoms with Gasteiger partial charge < -0.3 is 15.7 Å². The summed E-state index contributed by atoms with van der Waals surface area (Å²) in [5, 5.41) is 10.7. The third-order valence-electron chi connectivity index (χ3n) is 5.10. The van der Waals surface area contributed by atoms with E-state index in [4.69, 9.17) is 5.73 Å². The number of piperidine rings is 1. The smallest absolute Gasteiger partial charge is 0.140 e. The van der Waals surface area contributed by atoms with Crippen molar-refractivity contribution in [2.75, 3.05) is 23.7 Å². The Balaban J connectivity index is 1.93. The zero-order chi connectivity index (χ0) is 17.3. The number of aryl methyl sites for hydroxylation is 1. The molecule has 0 atom stereocenters. The molecule has 0 spiro atoms. The normalized spacial score (nSPS) is 17.3. The highest BCUT2D eigenvalue weighted by Crippen LogP contribution is 2.36. The number of nitrogens with zero attached hydrogens (tertiary/aromatic N) is 4. The summed E-state index contributed by atoms with van der Waals surface area (Å²) in [6.45, 7) is 7.69. The van der Waals surface area contributed by atoms with Gasteiger partial charge >= 0.3 is 0 Å².